The molecule has 2 rings (SSSR count). The van der Waals surface area contributed by atoms with Crippen molar-refractivity contribution in [3.05, 3.63) is 33.6 Å². The maximum atomic E-state index is 13.6. The smallest absolute Gasteiger partial charge is 0.142 e. The molecule has 0 radical (unpaired) electrons. The number of halogens is 3. The van der Waals surface area contributed by atoms with E-state index in [0.29, 0.717) is 10.6 Å². The molecule has 1 N–H and O–H groups in total. The Morgan fingerprint density at radius 1 is 1.17 bits per heavy atom. The molecule has 0 bridgehead atoms. The van der Waals surface area contributed by atoms with Crippen LogP contribution in [-0.4, -0.2) is 5.11 Å². The highest BCUT2D eigenvalue weighted by molar-refractivity contribution is 6.35. The number of aliphatic hydroxyl groups is 1. The van der Waals surface area contributed by atoms with Crippen LogP contribution in [-0.2, 0) is 5.60 Å². The van der Waals surface area contributed by atoms with Gasteiger partial charge in [-0.05, 0) is 37.8 Å². The van der Waals surface area contributed by atoms with Crippen LogP contribution in [0.3, 0.4) is 0 Å². The van der Waals surface area contributed by atoms with Crippen molar-refractivity contribution < 1.29 is 9.50 Å². The molecule has 100 valence electrons. The van der Waals surface area contributed by atoms with Crippen LogP contribution in [0.15, 0.2) is 12.1 Å². The average molecular weight is 291 g/mol. The van der Waals surface area contributed by atoms with Crippen molar-refractivity contribution in [1.29, 1.82) is 0 Å². The third kappa shape index (κ3) is 2.66. The van der Waals surface area contributed by atoms with E-state index < -0.39 is 11.4 Å². The van der Waals surface area contributed by atoms with E-state index in [1.54, 1.807) is 6.92 Å². The molecule has 1 unspecified atom stereocenters. The molecule has 1 aromatic carbocycles. The third-order valence-electron chi connectivity index (χ3n) is 3.96. The van der Waals surface area contributed by atoms with Gasteiger partial charge in [-0.1, -0.05) is 42.5 Å². The highest BCUT2D eigenvalue weighted by Crippen LogP contribution is 2.42. The van der Waals surface area contributed by atoms with Gasteiger partial charge in [0.2, 0.25) is 0 Å². The summed E-state index contributed by atoms with van der Waals surface area (Å²) >= 11 is 11.8. The molecule has 1 aliphatic rings. The molecule has 0 aromatic heterocycles. The minimum atomic E-state index is -1.09. The first-order valence-corrected chi connectivity index (χ1v) is 7.06. The minimum absolute atomic E-state index is 0.0109. The van der Waals surface area contributed by atoms with E-state index in [9.17, 15) is 9.50 Å². The normalized spacial score (nSPS) is 20.7. The van der Waals surface area contributed by atoms with Crippen LogP contribution < -0.4 is 0 Å². The summed E-state index contributed by atoms with van der Waals surface area (Å²) in [6.45, 7) is 1.72. The Morgan fingerprint density at radius 3 is 2.39 bits per heavy atom. The summed E-state index contributed by atoms with van der Waals surface area (Å²) in [4.78, 5) is 0. The van der Waals surface area contributed by atoms with Crippen molar-refractivity contribution in [2.45, 2.75) is 44.6 Å². The van der Waals surface area contributed by atoms with Crippen molar-refractivity contribution in [3.8, 4) is 0 Å². The second-order valence-corrected chi connectivity index (χ2v) is 6.04. The number of benzene rings is 1. The molecular weight excluding hydrogens is 274 g/mol. The standard InChI is InChI=1S/C14H17Cl2FO/c1-14(18,9-5-3-2-4-6-9)10-7-13(17)12(16)8-11(10)15/h7-9,18H,2-6H2,1H3. The first-order valence-electron chi connectivity index (χ1n) is 6.30. The summed E-state index contributed by atoms with van der Waals surface area (Å²) in [5.74, 6) is -0.406. The van der Waals surface area contributed by atoms with Gasteiger partial charge in [-0.25, -0.2) is 4.39 Å². The Labute approximate surface area is 117 Å². The zero-order valence-corrected chi connectivity index (χ0v) is 11.9. The van der Waals surface area contributed by atoms with E-state index in [1.807, 2.05) is 0 Å². The lowest BCUT2D eigenvalue weighted by atomic mass is 9.74. The van der Waals surface area contributed by atoms with Crippen molar-refractivity contribution in [2.24, 2.45) is 5.92 Å². The van der Waals surface area contributed by atoms with Crippen LogP contribution in [0.2, 0.25) is 10.0 Å². The van der Waals surface area contributed by atoms with Crippen LogP contribution in [0.5, 0.6) is 0 Å². The Kier molecular flexibility index (Phi) is 4.20. The lowest BCUT2D eigenvalue weighted by Gasteiger charge is -2.36. The molecule has 0 aliphatic heterocycles. The monoisotopic (exact) mass is 290 g/mol. The fourth-order valence-electron chi connectivity index (χ4n) is 2.80. The zero-order chi connectivity index (χ0) is 13.3. The molecule has 0 saturated heterocycles. The van der Waals surface area contributed by atoms with Crippen LogP contribution in [0.1, 0.15) is 44.6 Å². The minimum Gasteiger partial charge on any atom is -0.385 e. The molecule has 1 fully saturated rings. The Hall–Kier alpha value is -0.310. The third-order valence-corrected chi connectivity index (χ3v) is 4.56. The van der Waals surface area contributed by atoms with Crippen LogP contribution >= 0.6 is 23.2 Å². The van der Waals surface area contributed by atoms with Crippen LogP contribution in [0.4, 0.5) is 4.39 Å². The second kappa shape index (κ2) is 5.36. The Balaban J connectivity index is 2.36. The van der Waals surface area contributed by atoms with Gasteiger partial charge >= 0.3 is 0 Å². The van der Waals surface area contributed by atoms with Gasteiger partial charge in [-0.2, -0.15) is 0 Å². The van der Waals surface area contributed by atoms with E-state index in [4.69, 9.17) is 23.2 Å². The van der Waals surface area contributed by atoms with Gasteiger partial charge in [0.15, 0.2) is 0 Å². The lowest BCUT2D eigenvalue weighted by Crippen LogP contribution is -2.33. The zero-order valence-electron chi connectivity index (χ0n) is 10.3. The van der Waals surface area contributed by atoms with E-state index in [2.05, 4.69) is 0 Å². The highest BCUT2D eigenvalue weighted by Gasteiger charge is 2.36. The predicted octanol–water partition coefficient (Wildman–Crippen LogP) is 4.92. The highest BCUT2D eigenvalue weighted by atomic mass is 35.5. The predicted molar refractivity (Wildman–Crippen MR) is 72.6 cm³/mol. The molecule has 4 heteroatoms. The molecule has 1 aromatic rings. The molecule has 0 amide bonds. The molecule has 1 aliphatic carbocycles. The summed E-state index contributed by atoms with van der Waals surface area (Å²) in [5, 5.41) is 11.0. The molecule has 1 saturated carbocycles. The SMILES string of the molecule is CC(O)(c1cc(F)c(Cl)cc1Cl)C1CCCCC1. The summed E-state index contributed by atoms with van der Waals surface area (Å²) < 4.78 is 13.6. The van der Waals surface area contributed by atoms with Gasteiger partial charge in [0.1, 0.15) is 5.82 Å². The fourth-order valence-corrected chi connectivity index (χ4v) is 3.37. The van der Waals surface area contributed by atoms with Crippen molar-refractivity contribution in [1.82, 2.24) is 0 Å². The summed E-state index contributed by atoms with van der Waals surface area (Å²) in [6, 6.07) is 2.63. The maximum absolute atomic E-state index is 13.6. The number of hydrogen-bond acceptors (Lipinski definition) is 1. The molecule has 18 heavy (non-hydrogen) atoms. The van der Waals surface area contributed by atoms with E-state index in [0.717, 1.165) is 25.7 Å². The maximum Gasteiger partial charge on any atom is 0.142 e. The summed E-state index contributed by atoms with van der Waals surface area (Å²) in [7, 11) is 0. The van der Waals surface area contributed by atoms with Gasteiger partial charge < -0.3 is 5.11 Å². The van der Waals surface area contributed by atoms with Crippen molar-refractivity contribution >= 4 is 23.2 Å². The molecular formula is C14H17Cl2FO. The molecule has 1 nitrogen and oxygen atoms in total. The summed E-state index contributed by atoms with van der Waals surface area (Å²) in [6.07, 6.45) is 5.32. The quantitative estimate of drug-likeness (QED) is 0.767. The van der Waals surface area contributed by atoms with Gasteiger partial charge in [0, 0.05) is 10.6 Å². The van der Waals surface area contributed by atoms with Crippen LogP contribution in [0.25, 0.3) is 0 Å². The van der Waals surface area contributed by atoms with Crippen LogP contribution in [0, 0.1) is 11.7 Å². The van der Waals surface area contributed by atoms with E-state index in [1.165, 1.54) is 18.6 Å². The number of rotatable bonds is 2. The average Bonchev–Trinajstić information content (AvgIpc) is 2.34. The number of hydrogen-bond donors (Lipinski definition) is 1. The van der Waals surface area contributed by atoms with Gasteiger partial charge in [0.05, 0.1) is 10.6 Å². The van der Waals surface area contributed by atoms with Crippen molar-refractivity contribution in [2.75, 3.05) is 0 Å². The van der Waals surface area contributed by atoms with Crippen molar-refractivity contribution in [3.63, 3.8) is 0 Å². The summed E-state index contributed by atoms with van der Waals surface area (Å²) in [5.41, 5.74) is -0.652. The van der Waals surface area contributed by atoms with Gasteiger partial charge in [-0.3, -0.25) is 0 Å². The van der Waals surface area contributed by atoms with E-state index >= 15 is 0 Å². The Bertz CT molecular complexity index is 440. The first-order chi connectivity index (χ1) is 8.43. The Morgan fingerprint density at radius 2 is 1.78 bits per heavy atom. The molecule has 0 heterocycles. The topological polar surface area (TPSA) is 20.2 Å². The first kappa shape index (κ1) is 14.1. The largest absolute Gasteiger partial charge is 0.385 e. The second-order valence-electron chi connectivity index (χ2n) is 5.23. The van der Waals surface area contributed by atoms with Gasteiger partial charge in [0.25, 0.3) is 0 Å². The fraction of sp³-hybridized carbons (Fsp3) is 0.571. The van der Waals surface area contributed by atoms with E-state index in [-0.39, 0.29) is 10.9 Å². The molecule has 0 spiro atoms. The molecule has 1 atom stereocenters. The lowest BCUT2D eigenvalue weighted by molar-refractivity contribution is -0.0216. The van der Waals surface area contributed by atoms with Gasteiger partial charge in [-0.15, -0.1) is 0 Å².